The summed E-state index contributed by atoms with van der Waals surface area (Å²) in [4.78, 5) is 0. The topological polar surface area (TPSA) is 52.0 Å². The maximum atomic E-state index is 6.08. The van der Waals surface area contributed by atoms with Gasteiger partial charge in [0.1, 0.15) is 0 Å². The molecule has 0 saturated carbocycles. The standard InChI is InChI=1S/C17H15ClN2O/c1-2-11-6-3-4-9-14(11)16-15(17(19)20-21-16)12-7-5-8-13(18)10-12/h3-10H,2H2,1H3,(H2,19,20). The molecule has 21 heavy (non-hydrogen) atoms. The van der Waals surface area contributed by atoms with Gasteiger partial charge in [0.15, 0.2) is 11.6 Å². The predicted octanol–water partition coefficient (Wildman–Crippen LogP) is 4.81. The van der Waals surface area contributed by atoms with E-state index < -0.39 is 0 Å². The third-order valence-corrected chi connectivity index (χ3v) is 3.71. The molecular weight excluding hydrogens is 284 g/mol. The minimum absolute atomic E-state index is 0.373. The van der Waals surface area contributed by atoms with Crippen molar-refractivity contribution in [2.45, 2.75) is 13.3 Å². The molecule has 3 nitrogen and oxygen atoms in total. The van der Waals surface area contributed by atoms with Gasteiger partial charge in [-0.3, -0.25) is 0 Å². The van der Waals surface area contributed by atoms with Gasteiger partial charge in [-0.15, -0.1) is 0 Å². The van der Waals surface area contributed by atoms with E-state index in [1.807, 2.05) is 42.5 Å². The normalized spacial score (nSPS) is 10.8. The van der Waals surface area contributed by atoms with E-state index in [2.05, 4.69) is 18.1 Å². The molecular formula is C17H15ClN2O. The maximum absolute atomic E-state index is 6.08. The van der Waals surface area contributed by atoms with Crippen molar-refractivity contribution in [3.63, 3.8) is 0 Å². The Morgan fingerprint density at radius 1 is 1.14 bits per heavy atom. The van der Waals surface area contributed by atoms with Gasteiger partial charge in [0.25, 0.3) is 0 Å². The molecule has 0 spiro atoms. The van der Waals surface area contributed by atoms with E-state index in [-0.39, 0.29) is 0 Å². The van der Waals surface area contributed by atoms with Crippen LogP contribution in [0.25, 0.3) is 22.5 Å². The smallest absolute Gasteiger partial charge is 0.177 e. The number of rotatable bonds is 3. The highest BCUT2D eigenvalue weighted by molar-refractivity contribution is 6.30. The van der Waals surface area contributed by atoms with E-state index in [4.69, 9.17) is 21.9 Å². The van der Waals surface area contributed by atoms with Crippen LogP contribution in [0.3, 0.4) is 0 Å². The molecule has 1 aromatic heterocycles. The molecule has 0 atom stereocenters. The number of hydrogen-bond donors (Lipinski definition) is 1. The first kappa shape index (κ1) is 13.7. The second-order valence-electron chi connectivity index (χ2n) is 4.79. The Morgan fingerprint density at radius 3 is 2.71 bits per heavy atom. The van der Waals surface area contributed by atoms with Gasteiger partial charge in [-0.2, -0.15) is 0 Å². The van der Waals surface area contributed by atoms with Crippen molar-refractivity contribution in [2.24, 2.45) is 0 Å². The zero-order valence-corrected chi connectivity index (χ0v) is 12.4. The second kappa shape index (κ2) is 5.62. The Bertz CT molecular complexity index is 780. The van der Waals surface area contributed by atoms with Gasteiger partial charge in [-0.1, -0.05) is 60.1 Å². The highest BCUT2D eigenvalue weighted by atomic mass is 35.5. The molecule has 0 fully saturated rings. The highest BCUT2D eigenvalue weighted by Gasteiger charge is 2.19. The van der Waals surface area contributed by atoms with E-state index >= 15 is 0 Å². The van der Waals surface area contributed by atoms with Crippen molar-refractivity contribution in [3.8, 4) is 22.5 Å². The van der Waals surface area contributed by atoms with Crippen molar-refractivity contribution in [1.82, 2.24) is 5.16 Å². The molecule has 2 aromatic carbocycles. The maximum Gasteiger partial charge on any atom is 0.177 e. The molecule has 0 aliphatic heterocycles. The predicted molar refractivity (Wildman–Crippen MR) is 86.2 cm³/mol. The van der Waals surface area contributed by atoms with E-state index in [0.717, 1.165) is 23.1 Å². The Morgan fingerprint density at radius 2 is 1.95 bits per heavy atom. The van der Waals surface area contributed by atoms with Crippen LogP contribution in [-0.4, -0.2) is 5.16 Å². The number of benzene rings is 2. The Labute approximate surface area is 128 Å². The summed E-state index contributed by atoms with van der Waals surface area (Å²) in [5.41, 5.74) is 9.90. The molecule has 4 heteroatoms. The first-order chi connectivity index (χ1) is 10.2. The largest absolute Gasteiger partial charge is 0.380 e. The summed E-state index contributed by atoms with van der Waals surface area (Å²) in [7, 11) is 0. The van der Waals surface area contributed by atoms with Crippen LogP contribution < -0.4 is 5.73 Å². The molecule has 0 bridgehead atoms. The van der Waals surface area contributed by atoms with Crippen LogP contribution in [0.2, 0.25) is 5.02 Å². The molecule has 1 heterocycles. The minimum atomic E-state index is 0.373. The molecule has 0 radical (unpaired) electrons. The van der Waals surface area contributed by atoms with Crippen molar-refractivity contribution in [1.29, 1.82) is 0 Å². The SMILES string of the molecule is CCc1ccccc1-c1onc(N)c1-c1cccc(Cl)c1. The van der Waals surface area contributed by atoms with E-state index in [1.54, 1.807) is 0 Å². The van der Waals surface area contributed by atoms with Gasteiger partial charge in [0, 0.05) is 10.6 Å². The molecule has 106 valence electrons. The Kier molecular flexibility index (Phi) is 3.67. The number of aryl methyl sites for hydroxylation is 1. The first-order valence-electron chi connectivity index (χ1n) is 6.80. The summed E-state index contributed by atoms with van der Waals surface area (Å²) >= 11 is 6.08. The van der Waals surface area contributed by atoms with Gasteiger partial charge >= 0.3 is 0 Å². The molecule has 0 unspecified atom stereocenters. The summed E-state index contributed by atoms with van der Waals surface area (Å²) < 4.78 is 5.50. The summed E-state index contributed by atoms with van der Waals surface area (Å²) in [5, 5.41) is 4.59. The van der Waals surface area contributed by atoms with Crippen molar-refractivity contribution < 1.29 is 4.52 Å². The monoisotopic (exact) mass is 298 g/mol. The zero-order chi connectivity index (χ0) is 14.8. The van der Waals surface area contributed by atoms with Gasteiger partial charge < -0.3 is 10.3 Å². The van der Waals surface area contributed by atoms with E-state index in [1.165, 1.54) is 5.56 Å². The van der Waals surface area contributed by atoms with Gasteiger partial charge in [-0.25, -0.2) is 0 Å². The van der Waals surface area contributed by atoms with Gasteiger partial charge in [-0.05, 0) is 29.7 Å². The minimum Gasteiger partial charge on any atom is -0.380 e. The lowest BCUT2D eigenvalue weighted by atomic mass is 9.97. The lowest BCUT2D eigenvalue weighted by Gasteiger charge is -2.07. The number of aromatic nitrogens is 1. The molecule has 2 N–H and O–H groups in total. The fourth-order valence-corrected chi connectivity index (χ4v) is 2.65. The van der Waals surface area contributed by atoms with Crippen LogP contribution in [0.5, 0.6) is 0 Å². The van der Waals surface area contributed by atoms with Crippen molar-refractivity contribution in [2.75, 3.05) is 5.73 Å². The first-order valence-corrected chi connectivity index (χ1v) is 7.18. The number of nitrogen functional groups attached to an aromatic ring is 1. The third-order valence-electron chi connectivity index (χ3n) is 3.47. The quantitative estimate of drug-likeness (QED) is 0.755. The average Bonchev–Trinajstić information content (AvgIpc) is 2.88. The molecule has 0 aliphatic rings. The number of nitrogens with two attached hydrogens (primary N) is 1. The summed E-state index contributed by atoms with van der Waals surface area (Å²) in [6.45, 7) is 2.11. The number of hydrogen-bond acceptors (Lipinski definition) is 3. The Balaban J connectivity index is 2.22. The van der Waals surface area contributed by atoms with Crippen molar-refractivity contribution >= 4 is 17.4 Å². The third kappa shape index (κ3) is 2.52. The van der Waals surface area contributed by atoms with Crippen molar-refractivity contribution in [3.05, 3.63) is 59.1 Å². The number of anilines is 1. The summed E-state index contributed by atoms with van der Waals surface area (Å²) in [6.07, 6.45) is 0.908. The summed E-state index contributed by atoms with van der Waals surface area (Å²) in [6, 6.07) is 15.6. The van der Waals surface area contributed by atoms with Crippen LogP contribution in [0, 0.1) is 0 Å². The fraction of sp³-hybridized carbons (Fsp3) is 0.118. The van der Waals surface area contributed by atoms with Crippen LogP contribution in [0.4, 0.5) is 5.82 Å². The summed E-state index contributed by atoms with van der Waals surface area (Å²) in [5.74, 6) is 1.06. The highest BCUT2D eigenvalue weighted by Crippen LogP contribution is 2.38. The lowest BCUT2D eigenvalue weighted by Crippen LogP contribution is -1.91. The van der Waals surface area contributed by atoms with Gasteiger partial charge in [0.05, 0.1) is 5.56 Å². The van der Waals surface area contributed by atoms with Crippen LogP contribution >= 0.6 is 11.6 Å². The molecule has 0 amide bonds. The van der Waals surface area contributed by atoms with Crippen LogP contribution in [0.1, 0.15) is 12.5 Å². The zero-order valence-electron chi connectivity index (χ0n) is 11.6. The molecule has 3 aromatic rings. The molecule has 0 saturated heterocycles. The van der Waals surface area contributed by atoms with E-state index in [0.29, 0.717) is 16.6 Å². The Hall–Kier alpha value is -2.26. The van der Waals surface area contributed by atoms with Crippen LogP contribution in [-0.2, 0) is 6.42 Å². The second-order valence-corrected chi connectivity index (χ2v) is 5.23. The fourth-order valence-electron chi connectivity index (χ4n) is 2.46. The lowest BCUT2D eigenvalue weighted by molar-refractivity contribution is 0.436. The van der Waals surface area contributed by atoms with Crippen LogP contribution in [0.15, 0.2) is 53.1 Å². The van der Waals surface area contributed by atoms with E-state index in [9.17, 15) is 0 Å². The molecule has 3 rings (SSSR count). The molecule has 0 aliphatic carbocycles. The van der Waals surface area contributed by atoms with Gasteiger partial charge in [0.2, 0.25) is 0 Å². The average molecular weight is 299 g/mol. The number of nitrogens with zero attached hydrogens (tertiary/aromatic N) is 1. The number of halogens is 1.